The molecule has 0 bridgehead atoms. The van der Waals surface area contributed by atoms with E-state index in [1.807, 2.05) is 25.3 Å². The molecule has 0 radical (unpaired) electrons. The van der Waals surface area contributed by atoms with E-state index in [2.05, 4.69) is 26.3 Å². The fourth-order valence-electron chi connectivity index (χ4n) is 3.84. The number of anilines is 2. The fourth-order valence-corrected chi connectivity index (χ4v) is 4.88. The number of aliphatic carboxylic acids is 1. The van der Waals surface area contributed by atoms with Gasteiger partial charge in [0.2, 0.25) is 11.8 Å². The van der Waals surface area contributed by atoms with Gasteiger partial charge in [0.15, 0.2) is 5.78 Å². The Labute approximate surface area is 189 Å². The Hall–Kier alpha value is -3.33. The van der Waals surface area contributed by atoms with Crippen LogP contribution in [-0.2, 0) is 9.59 Å². The van der Waals surface area contributed by atoms with E-state index in [0.29, 0.717) is 24.7 Å². The molecule has 0 spiro atoms. The van der Waals surface area contributed by atoms with Crippen LogP contribution in [0.25, 0.3) is 10.4 Å². The lowest BCUT2D eigenvalue weighted by Crippen LogP contribution is -2.40. The summed E-state index contributed by atoms with van der Waals surface area (Å²) in [6, 6.07) is 7.75. The Morgan fingerprint density at radius 2 is 2.12 bits per heavy atom. The van der Waals surface area contributed by atoms with Crippen LogP contribution in [0.5, 0.6) is 5.88 Å². The van der Waals surface area contributed by atoms with Gasteiger partial charge < -0.3 is 15.2 Å². The molecule has 9 heteroatoms. The number of aromatic nitrogens is 3. The molecule has 2 N–H and O–H groups in total. The van der Waals surface area contributed by atoms with Crippen molar-refractivity contribution in [2.75, 3.05) is 12.4 Å². The maximum atomic E-state index is 12.5. The third-order valence-corrected chi connectivity index (χ3v) is 7.05. The number of nitrogens with one attached hydrogen (secondary N) is 1. The van der Waals surface area contributed by atoms with Gasteiger partial charge in [-0.05, 0) is 49.9 Å². The quantitative estimate of drug-likeness (QED) is 0.522. The van der Waals surface area contributed by atoms with Gasteiger partial charge in [-0.25, -0.2) is 9.97 Å². The lowest BCUT2D eigenvalue weighted by molar-refractivity contribution is -0.156. The molecule has 32 heavy (non-hydrogen) atoms. The van der Waals surface area contributed by atoms with Gasteiger partial charge in [-0.15, -0.1) is 11.3 Å². The highest BCUT2D eigenvalue weighted by molar-refractivity contribution is 7.15. The monoisotopic (exact) mass is 452 g/mol. The molecule has 3 aromatic rings. The molecule has 2 heterocycles. The van der Waals surface area contributed by atoms with Crippen LogP contribution in [0.2, 0.25) is 0 Å². The number of thiazole rings is 1. The van der Waals surface area contributed by atoms with E-state index >= 15 is 0 Å². The van der Waals surface area contributed by atoms with Gasteiger partial charge in [-0.1, -0.05) is 6.07 Å². The highest BCUT2D eigenvalue weighted by atomic mass is 32.1. The smallest absolute Gasteiger partial charge is 0.316 e. The molecule has 0 saturated heterocycles. The Morgan fingerprint density at radius 1 is 1.31 bits per heavy atom. The number of methoxy groups -OCH3 is 1. The second kappa shape index (κ2) is 8.66. The van der Waals surface area contributed by atoms with Gasteiger partial charge >= 0.3 is 5.97 Å². The van der Waals surface area contributed by atoms with Crippen molar-refractivity contribution in [3.63, 3.8) is 0 Å². The summed E-state index contributed by atoms with van der Waals surface area (Å²) in [5, 5.41) is 13.5. The second-order valence-electron chi connectivity index (χ2n) is 8.20. The number of carboxylic acids is 1. The van der Waals surface area contributed by atoms with Crippen LogP contribution in [0.1, 0.15) is 42.7 Å². The molecule has 1 aliphatic rings. The number of benzene rings is 1. The zero-order chi connectivity index (χ0) is 22.9. The SMILES string of the molecule is COc1ccnc(Nc2cc(C)cc(-c3cnc(C4CCC(C)(C(=O)O)C(=O)C4)s3)c2)n1. The molecule has 0 amide bonds. The van der Waals surface area contributed by atoms with Crippen molar-refractivity contribution in [1.82, 2.24) is 15.0 Å². The molecule has 4 rings (SSSR count). The third kappa shape index (κ3) is 4.34. The summed E-state index contributed by atoms with van der Waals surface area (Å²) in [5.41, 5.74) is 1.62. The van der Waals surface area contributed by atoms with E-state index in [4.69, 9.17) is 4.74 Å². The van der Waals surface area contributed by atoms with Crippen molar-refractivity contribution in [2.45, 2.75) is 39.0 Å². The number of aryl methyl sites for hydroxylation is 1. The van der Waals surface area contributed by atoms with Crippen LogP contribution in [-0.4, -0.2) is 38.9 Å². The molecule has 8 nitrogen and oxygen atoms in total. The average Bonchev–Trinajstić information content (AvgIpc) is 3.25. The molecule has 2 unspecified atom stereocenters. The first-order valence-electron chi connectivity index (χ1n) is 10.3. The topological polar surface area (TPSA) is 114 Å². The van der Waals surface area contributed by atoms with Crippen molar-refractivity contribution in [3.05, 3.63) is 47.2 Å². The predicted octanol–water partition coefficient (Wildman–Crippen LogP) is 4.59. The Kier molecular flexibility index (Phi) is 5.92. The van der Waals surface area contributed by atoms with Crippen molar-refractivity contribution in [3.8, 4) is 16.3 Å². The van der Waals surface area contributed by atoms with E-state index in [1.54, 1.807) is 30.7 Å². The van der Waals surface area contributed by atoms with E-state index in [0.717, 1.165) is 26.7 Å². The van der Waals surface area contributed by atoms with Crippen molar-refractivity contribution < 1.29 is 19.4 Å². The maximum absolute atomic E-state index is 12.5. The number of carbonyl (C=O) groups is 2. The van der Waals surface area contributed by atoms with Crippen LogP contribution < -0.4 is 10.1 Å². The standard InChI is InChI=1S/C23H24N4O4S/c1-13-8-15(10-16(9-13)26-22-24-7-5-19(27-22)31-3)17-12-25-20(32-17)14-4-6-23(2,21(29)30)18(28)11-14/h5,7-10,12,14H,4,6,11H2,1-3H3,(H,29,30)(H,24,26,27). The zero-order valence-electron chi connectivity index (χ0n) is 18.1. The summed E-state index contributed by atoms with van der Waals surface area (Å²) in [6.07, 6.45) is 4.62. The number of Topliss-reactive ketones (excluding diaryl/α,β-unsaturated/α-hetero) is 1. The Bertz CT molecular complexity index is 1180. The van der Waals surface area contributed by atoms with Crippen LogP contribution >= 0.6 is 11.3 Å². The van der Waals surface area contributed by atoms with Crippen LogP contribution in [0.3, 0.4) is 0 Å². The average molecular weight is 453 g/mol. The predicted molar refractivity (Wildman–Crippen MR) is 121 cm³/mol. The van der Waals surface area contributed by atoms with Crippen molar-refractivity contribution in [2.24, 2.45) is 5.41 Å². The molecular weight excluding hydrogens is 428 g/mol. The highest BCUT2D eigenvalue weighted by Crippen LogP contribution is 2.43. The summed E-state index contributed by atoms with van der Waals surface area (Å²) in [6.45, 7) is 3.53. The van der Waals surface area contributed by atoms with E-state index < -0.39 is 11.4 Å². The maximum Gasteiger partial charge on any atom is 0.316 e. The lowest BCUT2D eigenvalue weighted by atomic mass is 9.71. The third-order valence-electron chi connectivity index (χ3n) is 5.84. The number of hydrogen-bond acceptors (Lipinski definition) is 8. The van der Waals surface area contributed by atoms with Crippen molar-refractivity contribution in [1.29, 1.82) is 0 Å². The first-order chi connectivity index (χ1) is 15.3. The summed E-state index contributed by atoms with van der Waals surface area (Å²) in [7, 11) is 1.56. The Morgan fingerprint density at radius 3 is 2.84 bits per heavy atom. The largest absolute Gasteiger partial charge is 0.481 e. The fraction of sp³-hybridized carbons (Fsp3) is 0.348. The molecular formula is C23H24N4O4S. The van der Waals surface area contributed by atoms with E-state index in [-0.39, 0.29) is 18.1 Å². The van der Waals surface area contributed by atoms with Gasteiger partial charge in [-0.3, -0.25) is 9.59 Å². The van der Waals surface area contributed by atoms with Gasteiger partial charge in [0.25, 0.3) is 0 Å². The minimum Gasteiger partial charge on any atom is -0.481 e. The highest BCUT2D eigenvalue weighted by Gasteiger charge is 2.45. The summed E-state index contributed by atoms with van der Waals surface area (Å²) in [5.74, 6) is -0.392. The number of hydrogen-bond donors (Lipinski definition) is 2. The van der Waals surface area contributed by atoms with Crippen LogP contribution in [0.4, 0.5) is 11.6 Å². The number of ether oxygens (including phenoxy) is 1. The molecule has 1 aromatic carbocycles. The van der Waals surface area contributed by atoms with Gasteiger partial charge in [0.1, 0.15) is 5.41 Å². The van der Waals surface area contributed by atoms with Crippen molar-refractivity contribution >= 4 is 34.7 Å². The first-order valence-corrected chi connectivity index (χ1v) is 11.1. The minimum absolute atomic E-state index is 0.0405. The van der Waals surface area contributed by atoms with E-state index in [9.17, 15) is 14.7 Å². The zero-order valence-corrected chi connectivity index (χ0v) is 18.9. The summed E-state index contributed by atoms with van der Waals surface area (Å²) >= 11 is 1.54. The molecule has 1 aliphatic carbocycles. The number of nitrogens with zero attached hydrogens (tertiary/aromatic N) is 3. The number of ketones is 1. The molecule has 0 aliphatic heterocycles. The molecule has 2 atom stereocenters. The first kappa shape index (κ1) is 21.9. The lowest BCUT2D eigenvalue weighted by Gasteiger charge is -2.31. The minimum atomic E-state index is -1.28. The molecule has 1 fully saturated rings. The van der Waals surface area contributed by atoms with E-state index in [1.165, 1.54) is 6.92 Å². The second-order valence-corrected chi connectivity index (χ2v) is 9.26. The van der Waals surface area contributed by atoms with Gasteiger partial charge in [-0.2, -0.15) is 4.98 Å². The van der Waals surface area contributed by atoms with Crippen LogP contribution in [0.15, 0.2) is 36.7 Å². The molecule has 1 saturated carbocycles. The van der Waals surface area contributed by atoms with Crippen LogP contribution in [0, 0.1) is 12.3 Å². The Balaban J connectivity index is 1.54. The summed E-state index contributed by atoms with van der Waals surface area (Å²) in [4.78, 5) is 38.1. The van der Waals surface area contributed by atoms with Gasteiger partial charge in [0.05, 0.1) is 17.0 Å². The number of rotatable bonds is 6. The molecule has 2 aromatic heterocycles. The normalized spacial score (nSPS) is 20.7. The van der Waals surface area contributed by atoms with Gasteiger partial charge in [0, 0.05) is 36.5 Å². The molecule has 166 valence electrons. The summed E-state index contributed by atoms with van der Waals surface area (Å²) < 4.78 is 5.15. The number of carboxylic acid groups (broad SMARTS) is 1. The number of carbonyl (C=O) groups excluding carboxylic acids is 1.